The molecule has 0 saturated carbocycles. The second kappa shape index (κ2) is 11.1. The molecule has 0 aromatic carbocycles. The van der Waals surface area contributed by atoms with Crippen LogP contribution in [0.5, 0.6) is 0 Å². The molecular formula is C20H37N3O5. The third kappa shape index (κ3) is 8.35. The van der Waals surface area contributed by atoms with E-state index in [1.807, 2.05) is 27.7 Å². The monoisotopic (exact) mass is 399 g/mol. The van der Waals surface area contributed by atoms with Gasteiger partial charge in [0.2, 0.25) is 0 Å². The number of nitrogens with zero attached hydrogens (tertiary/aromatic N) is 2. The number of nitrogens with two attached hydrogens (primary N) is 1. The van der Waals surface area contributed by atoms with Gasteiger partial charge in [-0.25, -0.2) is 9.59 Å². The molecule has 0 aliphatic carbocycles. The lowest BCUT2D eigenvalue weighted by atomic mass is 9.94. The Balaban J connectivity index is 2.60. The van der Waals surface area contributed by atoms with Crippen LogP contribution < -0.4 is 5.73 Å². The summed E-state index contributed by atoms with van der Waals surface area (Å²) in [6.07, 6.45) is 1.60. The van der Waals surface area contributed by atoms with Gasteiger partial charge in [0.25, 0.3) is 5.91 Å². The second-order valence-electron chi connectivity index (χ2n) is 8.30. The minimum absolute atomic E-state index is 0.200. The van der Waals surface area contributed by atoms with Crippen LogP contribution in [0.15, 0.2) is 0 Å². The molecule has 8 heteroatoms. The van der Waals surface area contributed by atoms with E-state index in [1.54, 1.807) is 9.80 Å². The van der Waals surface area contributed by atoms with Gasteiger partial charge in [0.05, 0.1) is 0 Å². The van der Waals surface area contributed by atoms with Crippen molar-refractivity contribution in [2.45, 2.75) is 78.4 Å². The van der Waals surface area contributed by atoms with Crippen LogP contribution in [-0.4, -0.2) is 65.8 Å². The van der Waals surface area contributed by atoms with Crippen molar-refractivity contribution in [3.63, 3.8) is 0 Å². The SMILES string of the molecule is CCC1CCN(C(=O)C(CCCN(CC)C(=O)OC(C)(C)C)OC(N)=O)CC1. The summed E-state index contributed by atoms with van der Waals surface area (Å²) in [5, 5.41) is 0. The van der Waals surface area contributed by atoms with E-state index in [1.165, 1.54) is 0 Å². The van der Waals surface area contributed by atoms with E-state index in [0.29, 0.717) is 44.9 Å². The number of primary amides is 1. The first-order valence-electron chi connectivity index (χ1n) is 10.3. The number of hydrogen-bond acceptors (Lipinski definition) is 5. The number of rotatable bonds is 8. The molecule has 0 radical (unpaired) electrons. The number of ether oxygens (including phenoxy) is 2. The normalized spacial score (nSPS) is 16.4. The van der Waals surface area contributed by atoms with E-state index in [9.17, 15) is 14.4 Å². The molecule has 1 saturated heterocycles. The molecule has 1 heterocycles. The van der Waals surface area contributed by atoms with Crippen LogP contribution >= 0.6 is 0 Å². The molecular weight excluding hydrogens is 362 g/mol. The molecule has 1 aliphatic heterocycles. The van der Waals surface area contributed by atoms with Gasteiger partial charge in [-0.2, -0.15) is 0 Å². The van der Waals surface area contributed by atoms with Gasteiger partial charge in [-0.05, 0) is 59.3 Å². The smallest absolute Gasteiger partial charge is 0.410 e. The van der Waals surface area contributed by atoms with Crippen molar-refractivity contribution in [3.05, 3.63) is 0 Å². The molecule has 0 aromatic rings. The van der Waals surface area contributed by atoms with Crippen LogP contribution in [0.2, 0.25) is 0 Å². The summed E-state index contributed by atoms with van der Waals surface area (Å²) < 4.78 is 10.5. The molecule has 0 aromatic heterocycles. The van der Waals surface area contributed by atoms with Gasteiger partial charge in [-0.1, -0.05) is 13.3 Å². The van der Waals surface area contributed by atoms with Crippen LogP contribution in [0, 0.1) is 5.92 Å². The van der Waals surface area contributed by atoms with E-state index in [0.717, 1.165) is 19.3 Å². The van der Waals surface area contributed by atoms with Crippen molar-refractivity contribution in [1.29, 1.82) is 0 Å². The van der Waals surface area contributed by atoms with E-state index >= 15 is 0 Å². The van der Waals surface area contributed by atoms with Gasteiger partial charge in [-0.3, -0.25) is 4.79 Å². The minimum Gasteiger partial charge on any atom is -0.444 e. The summed E-state index contributed by atoms with van der Waals surface area (Å²) >= 11 is 0. The first-order valence-corrected chi connectivity index (χ1v) is 10.3. The Labute approximate surface area is 168 Å². The molecule has 1 unspecified atom stereocenters. The topological polar surface area (TPSA) is 102 Å². The van der Waals surface area contributed by atoms with Crippen molar-refractivity contribution in [3.8, 4) is 0 Å². The molecule has 162 valence electrons. The van der Waals surface area contributed by atoms with Gasteiger partial charge in [0.15, 0.2) is 6.10 Å². The summed E-state index contributed by atoms with van der Waals surface area (Å²) in [6.45, 7) is 11.7. The van der Waals surface area contributed by atoms with E-state index in [-0.39, 0.29) is 5.91 Å². The number of amides is 3. The lowest BCUT2D eigenvalue weighted by Crippen LogP contribution is -2.46. The highest BCUT2D eigenvalue weighted by molar-refractivity contribution is 5.83. The number of piperidine rings is 1. The zero-order valence-corrected chi connectivity index (χ0v) is 18.0. The predicted octanol–water partition coefficient (Wildman–Crippen LogP) is 3.14. The Hall–Kier alpha value is -1.99. The average Bonchev–Trinajstić information content (AvgIpc) is 2.62. The third-order valence-electron chi connectivity index (χ3n) is 4.97. The Morgan fingerprint density at radius 1 is 1.18 bits per heavy atom. The average molecular weight is 400 g/mol. The molecule has 1 fully saturated rings. The highest BCUT2D eigenvalue weighted by Crippen LogP contribution is 2.21. The first kappa shape index (κ1) is 24.0. The van der Waals surface area contributed by atoms with Crippen molar-refractivity contribution < 1.29 is 23.9 Å². The Kier molecular flexibility index (Phi) is 9.55. The summed E-state index contributed by atoms with van der Waals surface area (Å²) in [4.78, 5) is 39.6. The minimum atomic E-state index is -0.957. The van der Waals surface area contributed by atoms with E-state index < -0.39 is 23.9 Å². The van der Waals surface area contributed by atoms with E-state index in [4.69, 9.17) is 15.2 Å². The summed E-state index contributed by atoms with van der Waals surface area (Å²) in [5.74, 6) is 0.445. The van der Waals surface area contributed by atoms with Crippen LogP contribution in [0.3, 0.4) is 0 Å². The molecule has 1 atom stereocenters. The lowest BCUT2D eigenvalue weighted by molar-refractivity contribution is -0.142. The molecule has 1 rings (SSSR count). The number of carbonyl (C=O) groups is 3. The number of carbonyl (C=O) groups excluding carboxylic acids is 3. The maximum absolute atomic E-state index is 12.8. The quantitative estimate of drug-likeness (QED) is 0.675. The molecule has 2 N–H and O–H groups in total. The fourth-order valence-corrected chi connectivity index (χ4v) is 3.31. The zero-order chi connectivity index (χ0) is 21.3. The van der Waals surface area contributed by atoms with Gasteiger partial charge in [0, 0.05) is 26.2 Å². The van der Waals surface area contributed by atoms with Crippen molar-refractivity contribution >= 4 is 18.1 Å². The maximum atomic E-state index is 12.8. The first-order chi connectivity index (χ1) is 13.1. The fraction of sp³-hybridized carbons (Fsp3) is 0.850. The van der Waals surface area contributed by atoms with Crippen LogP contribution in [-0.2, 0) is 14.3 Å². The second-order valence-corrected chi connectivity index (χ2v) is 8.30. The van der Waals surface area contributed by atoms with Crippen LogP contribution in [0.1, 0.15) is 66.7 Å². The van der Waals surface area contributed by atoms with Gasteiger partial charge in [-0.15, -0.1) is 0 Å². The third-order valence-corrected chi connectivity index (χ3v) is 4.97. The Bertz CT molecular complexity index is 524. The molecule has 28 heavy (non-hydrogen) atoms. The summed E-state index contributed by atoms with van der Waals surface area (Å²) in [6, 6.07) is 0. The highest BCUT2D eigenvalue weighted by Gasteiger charge is 2.30. The van der Waals surface area contributed by atoms with Gasteiger partial charge >= 0.3 is 12.2 Å². The summed E-state index contributed by atoms with van der Waals surface area (Å²) in [5.41, 5.74) is 4.60. The largest absolute Gasteiger partial charge is 0.444 e. The van der Waals surface area contributed by atoms with E-state index in [2.05, 4.69) is 6.92 Å². The maximum Gasteiger partial charge on any atom is 0.410 e. The lowest BCUT2D eigenvalue weighted by Gasteiger charge is -2.33. The van der Waals surface area contributed by atoms with Crippen molar-refractivity contribution in [2.75, 3.05) is 26.2 Å². The number of likely N-dealkylation sites (tertiary alicyclic amines) is 1. The molecule has 8 nitrogen and oxygen atoms in total. The fourth-order valence-electron chi connectivity index (χ4n) is 3.31. The standard InChI is InChI=1S/C20H37N3O5/c1-6-15-10-13-23(14-11-15)17(24)16(27-18(21)25)9-8-12-22(7-2)19(26)28-20(3,4)5/h15-16H,6-14H2,1-5H3,(H2,21,25). The zero-order valence-electron chi connectivity index (χ0n) is 18.0. The highest BCUT2D eigenvalue weighted by atomic mass is 16.6. The van der Waals surface area contributed by atoms with Crippen LogP contribution in [0.4, 0.5) is 9.59 Å². The molecule has 3 amide bonds. The predicted molar refractivity (Wildman–Crippen MR) is 107 cm³/mol. The molecule has 0 bridgehead atoms. The van der Waals surface area contributed by atoms with Crippen molar-refractivity contribution in [1.82, 2.24) is 9.80 Å². The van der Waals surface area contributed by atoms with Gasteiger partial charge in [0.1, 0.15) is 5.60 Å². The van der Waals surface area contributed by atoms with Crippen LogP contribution in [0.25, 0.3) is 0 Å². The molecule has 1 aliphatic rings. The Morgan fingerprint density at radius 3 is 2.25 bits per heavy atom. The Morgan fingerprint density at radius 2 is 1.79 bits per heavy atom. The van der Waals surface area contributed by atoms with Gasteiger partial charge < -0.3 is 25.0 Å². The number of hydrogen-bond donors (Lipinski definition) is 1. The summed E-state index contributed by atoms with van der Waals surface area (Å²) in [7, 11) is 0. The van der Waals surface area contributed by atoms with Crippen molar-refractivity contribution in [2.24, 2.45) is 11.7 Å². The molecule has 0 spiro atoms.